The van der Waals surface area contributed by atoms with E-state index in [0.717, 1.165) is 36.6 Å². The molecule has 1 atom stereocenters. The van der Waals surface area contributed by atoms with Crippen LogP contribution >= 0.6 is 0 Å². The fourth-order valence-corrected chi connectivity index (χ4v) is 3.23. The van der Waals surface area contributed by atoms with Crippen molar-refractivity contribution >= 4 is 5.91 Å². The number of carbonyl (C=O) groups is 1. The Morgan fingerprint density at radius 3 is 2.67 bits per heavy atom. The summed E-state index contributed by atoms with van der Waals surface area (Å²) in [6.45, 7) is 0.663. The van der Waals surface area contributed by atoms with Crippen LogP contribution in [-0.4, -0.2) is 22.5 Å². The number of carbonyl (C=O) groups excluding carboxylic acids is 1. The molecule has 2 aromatic rings. The molecule has 24 heavy (non-hydrogen) atoms. The van der Waals surface area contributed by atoms with Gasteiger partial charge in [0.05, 0.1) is 6.04 Å². The predicted octanol–water partition coefficient (Wildman–Crippen LogP) is 3.97. The summed E-state index contributed by atoms with van der Waals surface area (Å²) in [7, 11) is 0. The minimum atomic E-state index is -0.498. The lowest BCUT2D eigenvalue weighted by Gasteiger charge is -2.25. The Hall–Kier alpha value is -2.43. The molecule has 0 spiro atoms. The number of phenols is 1. The molecule has 1 fully saturated rings. The van der Waals surface area contributed by atoms with E-state index >= 15 is 0 Å². The summed E-state index contributed by atoms with van der Waals surface area (Å²) in [6.07, 6.45) is 2.10. The molecule has 0 bridgehead atoms. The minimum Gasteiger partial charge on any atom is -0.508 e. The number of benzene rings is 2. The average Bonchev–Trinajstić information content (AvgIpc) is 3.06. The Bertz CT molecular complexity index is 731. The minimum absolute atomic E-state index is 0.0181. The van der Waals surface area contributed by atoms with Crippen molar-refractivity contribution < 1.29 is 18.7 Å². The highest BCUT2D eigenvalue weighted by Crippen LogP contribution is 2.33. The normalized spacial score (nSPS) is 17.2. The molecule has 3 nitrogen and oxygen atoms in total. The first kappa shape index (κ1) is 16.4. The molecular formula is C19H19F2NO2. The van der Waals surface area contributed by atoms with Crippen molar-refractivity contribution in [3.05, 3.63) is 65.2 Å². The zero-order valence-corrected chi connectivity index (χ0v) is 13.2. The molecule has 0 unspecified atom stereocenters. The van der Waals surface area contributed by atoms with E-state index in [-0.39, 0.29) is 36.1 Å². The molecule has 1 heterocycles. The van der Waals surface area contributed by atoms with Gasteiger partial charge in [-0.2, -0.15) is 0 Å². The molecule has 0 saturated carbocycles. The molecule has 2 aromatic carbocycles. The van der Waals surface area contributed by atoms with E-state index in [0.29, 0.717) is 6.54 Å². The number of hydrogen-bond donors (Lipinski definition) is 1. The number of phenolic OH excluding ortho intramolecular Hbond substituents is 1. The zero-order chi connectivity index (χ0) is 17.1. The Morgan fingerprint density at radius 1 is 1.17 bits per heavy atom. The second kappa shape index (κ2) is 6.99. The van der Waals surface area contributed by atoms with Crippen LogP contribution < -0.4 is 0 Å². The van der Waals surface area contributed by atoms with E-state index in [4.69, 9.17) is 0 Å². The van der Waals surface area contributed by atoms with E-state index in [1.165, 1.54) is 0 Å². The summed E-state index contributed by atoms with van der Waals surface area (Å²) in [5.74, 6) is -0.854. The van der Waals surface area contributed by atoms with Gasteiger partial charge in [0, 0.05) is 13.0 Å². The van der Waals surface area contributed by atoms with E-state index in [1.54, 1.807) is 17.0 Å². The van der Waals surface area contributed by atoms with Crippen LogP contribution in [0.1, 0.15) is 36.4 Å². The maximum Gasteiger partial charge on any atom is 0.223 e. The molecule has 3 rings (SSSR count). The number of amides is 1. The van der Waals surface area contributed by atoms with Crippen LogP contribution in [0.5, 0.6) is 5.75 Å². The van der Waals surface area contributed by atoms with Crippen molar-refractivity contribution in [2.45, 2.75) is 31.7 Å². The van der Waals surface area contributed by atoms with Crippen LogP contribution in [0, 0.1) is 11.6 Å². The lowest BCUT2D eigenvalue weighted by molar-refractivity contribution is -0.132. The monoisotopic (exact) mass is 331 g/mol. The number of rotatable bonds is 4. The van der Waals surface area contributed by atoms with Crippen molar-refractivity contribution in [1.82, 2.24) is 4.90 Å². The third kappa shape index (κ3) is 3.55. The van der Waals surface area contributed by atoms with Crippen LogP contribution in [0.2, 0.25) is 0 Å². The van der Waals surface area contributed by atoms with Crippen LogP contribution in [-0.2, 0) is 11.2 Å². The van der Waals surface area contributed by atoms with E-state index < -0.39 is 11.6 Å². The first-order valence-electron chi connectivity index (χ1n) is 8.07. The van der Waals surface area contributed by atoms with Gasteiger partial charge in [0.15, 0.2) is 0 Å². The summed E-state index contributed by atoms with van der Waals surface area (Å²) in [6, 6.07) is 10.1. The van der Waals surface area contributed by atoms with E-state index in [9.17, 15) is 18.7 Å². The molecule has 1 aliphatic rings. The number of aromatic hydroxyl groups is 1. The van der Waals surface area contributed by atoms with Crippen LogP contribution in [0.3, 0.4) is 0 Å². The van der Waals surface area contributed by atoms with Gasteiger partial charge in [0.2, 0.25) is 5.91 Å². The first-order chi connectivity index (χ1) is 11.5. The van der Waals surface area contributed by atoms with Crippen molar-refractivity contribution in [1.29, 1.82) is 0 Å². The first-order valence-corrected chi connectivity index (χ1v) is 8.07. The maximum absolute atomic E-state index is 13.7. The predicted molar refractivity (Wildman–Crippen MR) is 86.5 cm³/mol. The van der Waals surface area contributed by atoms with Gasteiger partial charge in [0.1, 0.15) is 17.4 Å². The summed E-state index contributed by atoms with van der Waals surface area (Å²) in [5, 5.41) is 9.39. The van der Waals surface area contributed by atoms with E-state index in [1.807, 2.05) is 12.1 Å². The quantitative estimate of drug-likeness (QED) is 0.921. The van der Waals surface area contributed by atoms with Gasteiger partial charge >= 0.3 is 0 Å². The lowest BCUT2D eigenvalue weighted by Crippen LogP contribution is -2.30. The van der Waals surface area contributed by atoms with Crippen molar-refractivity contribution in [3.8, 4) is 5.75 Å². The van der Waals surface area contributed by atoms with Crippen molar-refractivity contribution in [3.63, 3.8) is 0 Å². The summed E-state index contributed by atoms with van der Waals surface area (Å²) in [5.41, 5.74) is 1.21. The highest BCUT2D eigenvalue weighted by atomic mass is 19.1. The van der Waals surface area contributed by atoms with Gasteiger partial charge in [-0.3, -0.25) is 4.79 Å². The Morgan fingerprint density at radius 2 is 1.92 bits per heavy atom. The Balaban J connectivity index is 1.67. The van der Waals surface area contributed by atoms with Crippen molar-refractivity contribution in [2.24, 2.45) is 0 Å². The van der Waals surface area contributed by atoms with Crippen LogP contribution in [0.25, 0.3) is 0 Å². The standard InChI is InChI=1S/C19H19F2NO2/c20-15-6-9-17(21)14(12-15)5-10-19(24)22-11-1-2-18(22)13-3-7-16(23)8-4-13/h3-4,6-9,12,18,23H,1-2,5,10-11H2/t18-/m1/s1. The summed E-state index contributed by atoms with van der Waals surface area (Å²) >= 11 is 0. The molecule has 1 saturated heterocycles. The van der Waals surface area contributed by atoms with Gasteiger partial charge in [-0.15, -0.1) is 0 Å². The van der Waals surface area contributed by atoms with Gasteiger partial charge in [-0.1, -0.05) is 12.1 Å². The number of halogens is 2. The lowest BCUT2D eigenvalue weighted by atomic mass is 10.0. The summed E-state index contributed by atoms with van der Waals surface area (Å²) in [4.78, 5) is 14.3. The molecule has 0 radical (unpaired) electrons. The number of likely N-dealkylation sites (tertiary alicyclic amines) is 1. The van der Waals surface area contributed by atoms with Crippen LogP contribution in [0.15, 0.2) is 42.5 Å². The molecule has 5 heteroatoms. The van der Waals surface area contributed by atoms with Gasteiger partial charge in [0.25, 0.3) is 0 Å². The largest absolute Gasteiger partial charge is 0.508 e. The molecule has 0 aromatic heterocycles. The molecule has 126 valence electrons. The number of hydrogen-bond acceptors (Lipinski definition) is 2. The third-order valence-corrected chi connectivity index (χ3v) is 4.47. The smallest absolute Gasteiger partial charge is 0.223 e. The highest BCUT2D eigenvalue weighted by Gasteiger charge is 2.29. The highest BCUT2D eigenvalue weighted by molar-refractivity contribution is 5.77. The number of aryl methyl sites for hydroxylation is 1. The van der Waals surface area contributed by atoms with Crippen LogP contribution in [0.4, 0.5) is 8.78 Å². The van der Waals surface area contributed by atoms with Gasteiger partial charge in [-0.25, -0.2) is 8.78 Å². The molecule has 1 N–H and O–H groups in total. The van der Waals surface area contributed by atoms with E-state index in [2.05, 4.69) is 0 Å². The molecular weight excluding hydrogens is 312 g/mol. The topological polar surface area (TPSA) is 40.5 Å². The summed E-state index contributed by atoms with van der Waals surface area (Å²) < 4.78 is 26.9. The fourth-order valence-electron chi connectivity index (χ4n) is 3.23. The van der Waals surface area contributed by atoms with Crippen molar-refractivity contribution in [2.75, 3.05) is 6.54 Å². The Kier molecular flexibility index (Phi) is 4.79. The fraction of sp³-hybridized carbons (Fsp3) is 0.316. The second-order valence-electron chi connectivity index (χ2n) is 6.07. The second-order valence-corrected chi connectivity index (χ2v) is 6.07. The van der Waals surface area contributed by atoms with Gasteiger partial charge in [-0.05, 0) is 60.7 Å². The molecule has 1 amide bonds. The maximum atomic E-state index is 13.7. The Labute approximate surface area is 139 Å². The number of nitrogens with zero attached hydrogens (tertiary/aromatic N) is 1. The average molecular weight is 331 g/mol. The van der Waals surface area contributed by atoms with Gasteiger partial charge < -0.3 is 10.0 Å². The zero-order valence-electron chi connectivity index (χ0n) is 13.2. The molecule has 1 aliphatic heterocycles. The SMILES string of the molecule is O=C(CCc1cc(F)ccc1F)N1CCC[C@@H]1c1ccc(O)cc1. The molecule has 0 aliphatic carbocycles. The third-order valence-electron chi connectivity index (χ3n) is 4.47.